The molecule has 1 saturated heterocycles. The first-order valence-corrected chi connectivity index (χ1v) is 5.35. The minimum atomic E-state index is -1.10. The van der Waals surface area contributed by atoms with Crippen molar-refractivity contribution < 1.29 is 23.8 Å². The van der Waals surface area contributed by atoms with Gasteiger partial charge in [0.05, 0.1) is 6.61 Å². The molecule has 5 nitrogen and oxygen atoms in total. The summed E-state index contributed by atoms with van der Waals surface area (Å²) in [6, 6.07) is 0. The van der Waals surface area contributed by atoms with E-state index < -0.39 is 23.8 Å². The van der Waals surface area contributed by atoms with Gasteiger partial charge in [-0.15, -0.1) is 0 Å². The zero-order chi connectivity index (χ0) is 11.6. The lowest BCUT2D eigenvalue weighted by Gasteiger charge is -2.41. The molecule has 2 rings (SSSR count). The highest BCUT2D eigenvalue weighted by Gasteiger charge is 2.48. The highest BCUT2D eigenvalue weighted by molar-refractivity contribution is 5.83. The molecule has 2 heterocycles. The molecule has 0 amide bonds. The van der Waals surface area contributed by atoms with Crippen LogP contribution in [0, 0.1) is 0 Å². The zero-order valence-corrected chi connectivity index (χ0v) is 9.10. The lowest BCUT2D eigenvalue weighted by molar-refractivity contribution is -0.280. The molecule has 2 atom stereocenters. The van der Waals surface area contributed by atoms with Crippen molar-refractivity contribution in [1.82, 2.24) is 0 Å². The smallest absolute Gasteiger partial charge is 0.333 e. The topological polar surface area (TPSA) is 61.8 Å². The molecule has 0 aromatic carbocycles. The molecule has 16 heavy (non-hydrogen) atoms. The van der Waals surface area contributed by atoms with Crippen molar-refractivity contribution >= 4 is 11.9 Å². The second-order valence-corrected chi connectivity index (χ2v) is 3.93. The fourth-order valence-electron chi connectivity index (χ4n) is 1.98. The van der Waals surface area contributed by atoms with Crippen LogP contribution in [-0.4, -0.2) is 30.4 Å². The Labute approximate surface area is 93.4 Å². The summed E-state index contributed by atoms with van der Waals surface area (Å²) in [6.45, 7) is 1.83. The fourth-order valence-corrected chi connectivity index (χ4v) is 1.98. The van der Waals surface area contributed by atoms with Crippen LogP contribution in [0.4, 0.5) is 0 Å². The van der Waals surface area contributed by atoms with Gasteiger partial charge in [-0.2, -0.15) is 0 Å². The Kier molecular flexibility index (Phi) is 2.96. The fraction of sp³-hybridized carbons (Fsp3) is 0.636. The van der Waals surface area contributed by atoms with E-state index in [2.05, 4.69) is 0 Å². The first-order chi connectivity index (χ1) is 7.62. The number of ether oxygens (including phenoxy) is 3. The number of rotatable bonds is 1. The van der Waals surface area contributed by atoms with Gasteiger partial charge < -0.3 is 14.2 Å². The molecule has 1 fully saturated rings. The van der Waals surface area contributed by atoms with Gasteiger partial charge in [-0.3, -0.25) is 4.79 Å². The maximum Gasteiger partial charge on any atom is 0.333 e. The number of carbonyl (C=O) groups excluding carboxylic acids is 2. The standard InChI is InChI=1S/C11H14O5/c1-8(12)15-9-4-5-10(13)16-11(9)6-2-3-7-14-11/h4-5,9H,2-3,6-7H2,1H3/t9-,11+/m0/s1. The molecule has 0 aliphatic carbocycles. The third-order valence-corrected chi connectivity index (χ3v) is 2.67. The lowest BCUT2D eigenvalue weighted by atomic mass is 9.97. The summed E-state index contributed by atoms with van der Waals surface area (Å²) in [7, 11) is 0. The van der Waals surface area contributed by atoms with Gasteiger partial charge >= 0.3 is 11.9 Å². The third-order valence-electron chi connectivity index (χ3n) is 2.67. The van der Waals surface area contributed by atoms with Crippen molar-refractivity contribution in [2.24, 2.45) is 0 Å². The van der Waals surface area contributed by atoms with E-state index in [1.165, 1.54) is 19.1 Å². The minimum Gasteiger partial charge on any atom is -0.451 e. The molecule has 0 saturated carbocycles. The van der Waals surface area contributed by atoms with Crippen molar-refractivity contribution in [2.45, 2.75) is 38.1 Å². The molecule has 0 aromatic rings. The van der Waals surface area contributed by atoms with Gasteiger partial charge in [0.25, 0.3) is 5.79 Å². The Hall–Kier alpha value is -1.36. The second-order valence-electron chi connectivity index (χ2n) is 3.93. The monoisotopic (exact) mass is 226 g/mol. The molecule has 5 heteroatoms. The van der Waals surface area contributed by atoms with Crippen molar-refractivity contribution in [1.29, 1.82) is 0 Å². The quantitative estimate of drug-likeness (QED) is 0.622. The lowest BCUT2D eigenvalue weighted by Crippen LogP contribution is -2.53. The maximum atomic E-state index is 11.2. The molecule has 0 bridgehead atoms. The molecule has 0 aromatic heterocycles. The number of hydrogen-bond acceptors (Lipinski definition) is 5. The van der Waals surface area contributed by atoms with Gasteiger partial charge in [0.1, 0.15) is 0 Å². The molecule has 2 aliphatic rings. The van der Waals surface area contributed by atoms with Crippen molar-refractivity contribution in [2.75, 3.05) is 6.61 Å². The van der Waals surface area contributed by atoms with E-state index in [-0.39, 0.29) is 0 Å². The van der Waals surface area contributed by atoms with E-state index in [0.717, 1.165) is 12.8 Å². The largest absolute Gasteiger partial charge is 0.451 e. The highest BCUT2D eigenvalue weighted by atomic mass is 16.7. The van der Waals surface area contributed by atoms with Crippen LogP contribution in [-0.2, 0) is 23.8 Å². The van der Waals surface area contributed by atoms with Crippen molar-refractivity contribution in [3.8, 4) is 0 Å². The minimum absolute atomic E-state index is 0.416. The number of hydrogen-bond donors (Lipinski definition) is 0. The highest BCUT2D eigenvalue weighted by Crippen LogP contribution is 2.34. The van der Waals surface area contributed by atoms with Crippen LogP contribution < -0.4 is 0 Å². The normalized spacial score (nSPS) is 33.6. The molecule has 2 aliphatic heterocycles. The summed E-state index contributed by atoms with van der Waals surface area (Å²) < 4.78 is 15.8. The van der Waals surface area contributed by atoms with Crippen molar-refractivity contribution in [3.05, 3.63) is 12.2 Å². The Morgan fingerprint density at radius 3 is 3.00 bits per heavy atom. The van der Waals surface area contributed by atoms with Gasteiger partial charge in [-0.25, -0.2) is 4.79 Å². The van der Waals surface area contributed by atoms with Crippen LogP contribution in [0.15, 0.2) is 12.2 Å². The summed E-state index contributed by atoms with van der Waals surface area (Å²) in [6.07, 6.45) is 4.52. The zero-order valence-electron chi connectivity index (χ0n) is 9.10. The average molecular weight is 226 g/mol. The second kappa shape index (κ2) is 4.25. The summed E-state index contributed by atoms with van der Waals surface area (Å²) in [5, 5.41) is 0. The summed E-state index contributed by atoms with van der Waals surface area (Å²) in [4.78, 5) is 22.2. The maximum absolute atomic E-state index is 11.2. The van der Waals surface area contributed by atoms with E-state index in [0.29, 0.717) is 13.0 Å². The summed E-state index contributed by atoms with van der Waals surface area (Å²) in [5.41, 5.74) is 0. The average Bonchev–Trinajstić information content (AvgIpc) is 2.23. The van der Waals surface area contributed by atoms with Gasteiger partial charge in [0, 0.05) is 19.4 Å². The van der Waals surface area contributed by atoms with E-state index >= 15 is 0 Å². The molecule has 0 unspecified atom stereocenters. The van der Waals surface area contributed by atoms with E-state index in [1.54, 1.807) is 0 Å². The molecule has 1 spiro atoms. The van der Waals surface area contributed by atoms with Crippen LogP contribution in [0.25, 0.3) is 0 Å². The molecular formula is C11H14O5. The van der Waals surface area contributed by atoms with E-state index in [9.17, 15) is 9.59 Å². The number of carbonyl (C=O) groups is 2. The molecule has 88 valence electrons. The van der Waals surface area contributed by atoms with Crippen LogP contribution in [0.2, 0.25) is 0 Å². The van der Waals surface area contributed by atoms with Gasteiger partial charge in [0.15, 0.2) is 6.10 Å². The van der Waals surface area contributed by atoms with Gasteiger partial charge in [-0.05, 0) is 18.9 Å². The van der Waals surface area contributed by atoms with Crippen LogP contribution in [0.5, 0.6) is 0 Å². The van der Waals surface area contributed by atoms with E-state index in [4.69, 9.17) is 14.2 Å². The summed E-state index contributed by atoms with van der Waals surface area (Å²) in [5.74, 6) is -1.97. The summed E-state index contributed by atoms with van der Waals surface area (Å²) >= 11 is 0. The first kappa shape index (κ1) is 11.1. The SMILES string of the molecule is CC(=O)O[C@H]1C=CC(=O)O[C@]12CCCCO2. The molecular weight excluding hydrogens is 212 g/mol. The molecule has 0 N–H and O–H groups in total. The van der Waals surface area contributed by atoms with Crippen LogP contribution in [0.3, 0.4) is 0 Å². The third kappa shape index (κ3) is 2.09. The van der Waals surface area contributed by atoms with Gasteiger partial charge in [-0.1, -0.05) is 0 Å². The predicted octanol–water partition coefficient (Wildman–Crippen LogP) is 0.928. The first-order valence-electron chi connectivity index (χ1n) is 5.35. The predicted molar refractivity (Wildman–Crippen MR) is 53.3 cm³/mol. The molecule has 0 radical (unpaired) electrons. The Balaban J connectivity index is 2.20. The van der Waals surface area contributed by atoms with Gasteiger partial charge in [0.2, 0.25) is 0 Å². The van der Waals surface area contributed by atoms with Crippen LogP contribution in [0.1, 0.15) is 26.2 Å². The number of esters is 2. The Bertz CT molecular complexity index is 327. The Morgan fingerprint density at radius 1 is 1.56 bits per heavy atom. The Morgan fingerprint density at radius 2 is 2.38 bits per heavy atom. The van der Waals surface area contributed by atoms with Crippen molar-refractivity contribution in [3.63, 3.8) is 0 Å². The van der Waals surface area contributed by atoms with Crippen LogP contribution >= 0.6 is 0 Å². The van der Waals surface area contributed by atoms with E-state index in [1.807, 2.05) is 0 Å².